The van der Waals surface area contributed by atoms with E-state index in [1.807, 2.05) is 13.8 Å². The maximum Gasteiger partial charge on any atom is 0.263 e. The Morgan fingerprint density at radius 1 is 1.08 bits per heavy atom. The molecule has 1 aromatic heterocycles. The van der Waals surface area contributed by atoms with Crippen molar-refractivity contribution in [3.63, 3.8) is 0 Å². The highest BCUT2D eigenvalue weighted by atomic mass is 16.5. The molecule has 48 heavy (non-hydrogen) atoms. The number of nitrogens with one attached hydrogen (secondary N) is 4. The zero-order valence-corrected chi connectivity index (χ0v) is 27.3. The van der Waals surface area contributed by atoms with Gasteiger partial charge in [-0.15, -0.1) is 0 Å². The largest absolute Gasteiger partial charge is 0.493 e. The lowest BCUT2D eigenvalue weighted by atomic mass is 10.0. The lowest BCUT2D eigenvalue weighted by molar-refractivity contribution is -0.130. The van der Waals surface area contributed by atoms with Crippen LogP contribution in [0.15, 0.2) is 53.6 Å². The zero-order valence-electron chi connectivity index (χ0n) is 27.3. The molecular weight excluding hydrogens is 620 g/mol. The standard InChI is InChI=1S/C34H40N6O8/c1-19(2)25-16-40(34(45)23-6-7-26-21(13-23)10-12-47-26)17-30(42)38-20(3)31(33(44)35-11-9-24-15-29(41)37-18-36-24)48-28-14-22(32(43)39-25)5-8-27(28)46-4/h5-8,13-15,18-20,25,31H,9-12,16-17H2,1-4H3,(H,35,44)(H,38,42)(H,39,43)(H,36,37,41)/t20-,25+,31+/m0/s1. The van der Waals surface area contributed by atoms with Crippen molar-refractivity contribution in [3.05, 3.63) is 81.5 Å². The van der Waals surface area contributed by atoms with Gasteiger partial charge in [0.05, 0.1) is 32.6 Å². The molecule has 4 N–H and O–H groups in total. The first-order chi connectivity index (χ1) is 23.0. The van der Waals surface area contributed by atoms with Crippen molar-refractivity contribution in [2.24, 2.45) is 5.92 Å². The van der Waals surface area contributed by atoms with Gasteiger partial charge in [-0.05, 0) is 54.8 Å². The molecule has 14 heteroatoms. The molecule has 5 rings (SSSR count). The van der Waals surface area contributed by atoms with E-state index in [1.165, 1.54) is 30.5 Å². The van der Waals surface area contributed by atoms with Crippen molar-refractivity contribution in [1.29, 1.82) is 0 Å². The lowest BCUT2D eigenvalue weighted by Gasteiger charge is -2.32. The Morgan fingerprint density at radius 3 is 2.65 bits per heavy atom. The van der Waals surface area contributed by atoms with Crippen LogP contribution in [0.2, 0.25) is 0 Å². The number of aromatic amines is 1. The number of hydrogen-bond donors (Lipinski definition) is 4. The van der Waals surface area contributed by atoms with Crippen molar-refractivity contribution in [2.75, 3.05) is 33.4 Å². The van der Waals surface area contributed by atoms with Crippen LogP contribution in [0.25, 0.3) is 0 Å². The average molecular weight is 661 g/mol. The smallest absolute Gasteiger partial charge is 0.263 e. The molecule has 4 amide bonds. The van der Waals surface area contributed by atoms with E-state index >= 15 is 0 Å². The third-order valence-electron chi connectivity index (χ3n) is 8.29. The fourth-order valence-electron chi connectivity index (χ4n) is 5.57. The van der Waals surface area contributed by atoms with Crippen LogP contribution in [0.5, 0.6) is 17.2 Å². The molecule has 14 nitrogen and oxygen atoms in total. The third kappa shape index (κ3) is 8.11. The molecule has 0 radical (unpaired) electrons. The summed E-state index contributed by atoms with van der Waals surface area (Å²) in [7, 11) is 1.43. The van der Waals surface area contributed by atoms with Gasteiger partial charge >= 0.3 is 0 Å². The number of fused-ring (bicyclic) bond motifs is 3. The maximum absolute atomic E-state index is 13.9. The molecule has 3 atom stereocenters. The maximum atomic E-state index is 13.9. The van der Waals surface area contributed by atoms with Crippen LogP contribution in [0.1, 0.15) is 52.7 Å². The highest BCUT2D eigenvalue weighted by Crippen LogP contribution is 2.30. The second-order valence-corrected chi connectivity index (χ2v) is 12.1. The van der Waals surface area contributed by atoms with Crippen molar-refractivity contribution in [2.45, 2.75) is 51.8 Å². The normalized spacial score (nSPS) is 19.6. The SMILES string of the molecule is COc1ccc2cc1O[C@@H](C(=O)NCCc1cc(=O)[nH]cn1)[C@H](C)NC(=O)CN(C(=O)c1ccc3c(c1)CCO3)C[C@H](C(C)C)NC2=O. The Morgan fingerprint density at radius 2 is 1.90 bits per heavy atom. The molecule has 0 unspecified atom stereocenters. The minimum atomic E-state index is -1.28. The molecule has 254 valence electrons. The summed E-state index contributed by atoms with van der Waals surface area (Å²) in [5.41, 5.74) is 1.72. The lowest BCUT2D eigenvalue weighted by Crippen LogP contribution is -2.55. The summed E-state index contributed by atoms with van der Waals surface area (Å²) < 4.78 is 17.2. The summed E-state index contributed by atoms with van der Waals surface area (Å²) in [6.45, 7) is 5.82. The summed E-state index contributed by atoms with van der Waals surface area (Å²) in [4.78, 5) is 74.2. The first-order valence-corrected chi connectivity index (χ1v) is 15.8. The van der Waals surface area contributed by atoms with Gasteiger partial charge in [0.1, 0.15) is 5.75 Å². The predicted molar refractivity (Wildman–Crippen MR) is 174 cm³/mol. The predicted octanol–water partition coefficient (Wildman–Crippen LogP) is 1.23. The molecule has 3 heterocycles. The minimum Gasteiger partial charge on any atom is -0.493 e. The van der Waals surface area contributed by atoms with Gasteiger partial charge in [-0.3, -0.25) is 24.0 Å². The van der Waals surface area contributed by atoms with Crippen LogP contribution in [0, 0.1) is 5.92 Å². The first-order valence-electron chi connectivity index (χ1n) is 15.8. The molecule has 2 aliphatic heterocycles. The van der Waals surface area contributed by atoms with Crippen molar-refractivity contribution in [1.82, 2.24) is 30.8 Å². The number of rotatable bonds is 7. The van der Waals surface area contributed by atoms with Crippen LogP contribution in [-0.4, -0.2) is 90.0 Å². The Hall–Kier alpha value is -5.40. The van der Waals surface area contributed by atoms with Gasteiger partial charge < -0.3 is 40.0 Å². The van der Waals surface area contributed by atoms with Crippen LogP contribution < -0.4 is 35.7 Å². The van der Waals surface area contributed by atoms with Gasteiger partial charge in [0.15, 0.2) is 17.6 Å². The van der Waals surface area contributed by atoms with E-state index in [1.54, 1.807) is 37.3 Å². The van der Waals surface area contributed by atoms with Gasteiger partial charge in [-0.2, -0.15) is 0 Å². The van der Waals surface area contributed by atoms with Crippen LogP contribution in [-0.2, 0) is 22.4 Å². The fraction of sp³-hybridized carbons (Fsp3) is 0.412. The molecule has 0 fully saturated rings. The van der Waals surface area contributed by atoms with Crippen LogP contribution in [0.4, 0.5) is 0 Å². The van der Waals surface area contributed by atoms with E-state index in [9.17, 15) is 24.0 Å². The van der Waals surface area contributed by atoms with Crippen LogP contribution >= 0.6 is 0 Å². The summed E-state index contributed by atoms with van der Waals surface area (Å²) >= 11 is 0. The third-order valence-corrected chi connectivity index (χ3v) is 8.29. The van der Waals surface area contributed by atoms with Crippen molar-refractivity contribution in [3.8, 4) is 17.2 Å². The van der Waals surface area contributed by atoms with Crippen LogP contribution in [0.3, 0.4) is 0 Å². The quantitative estimate of drug-likeness (QED) is 0.290. The highest BCUT2D eigenvalue weighted by Gasteiger charge is 2.33. The number of nitrogens with zero attached hydrogens (tertiary/aromatic N) is 2. The van der Waals surface area contributed by atoms with Gasteiger partial charge in [0.2, 0.25) is 5.91 Å². The van der Waals surface area contributed by atoms with Gasteiger partial charge in [0, 0.05) is 54.9 Å². The number of ether oxygens (including phenoxy) is 3. The van der Waals surface area contributed by atoms with Gasteiger partial charge in [-0.1, -0.05) is 13.8 Å². The number of carbonyl (C=O) groups is 4. The Bertz CT molecular complexity index is 1740. The fourth-order valence-corrected chi connectivity index (χ4v) is 5.57. The van der Waals surface area contributed by atoms with Gasteiger partial charge in [0.25, 0.3) is 23.3 Å². The molecular formula is C34H40N6O8. The minimum absolute atomic E-state index is 0.0530. The average Bonchev–Trinajstić information content (AvgIpc) is 3.53. The second-order valence-electron chi connectivity index (χ2n) is 12.1. The van der Waals surface area contributed by atoms with E-state index in [0.717, 1.165) is 11.3 Å². The number of hydrogen-bond acceptors (Lipinski definition) is 9. The molecule has 3 aromatic rings. The van der Waals surface area contributed by atoms with Crippen molar-refractivity contribution < 1.29 is 33.4 Å². The van der Waals surface area contributed by atoms with Crippen molar-refractivity contribution >= 4 is 23.6 Å². The number of benzene rings is 2. The monoisotopic (exact) mass is 660 g/mol. The number of carbonyl (C=O) groups excluding carboxylic acids is 4. The topological polar surface area (TPSA) is 181 Å². The summed E-state index contributed by atoms with van der Waals surface area (Å²) in [5.74, 6) is -0.875. The number of aromatic nitrogens is 2. The molecule has 2 bridgehead atoms. The first kappa shape index (κ1) is 33.9. The zero-order chi connectivity index (χ0) is 34.4. The number of H-pyrrole nitrogens is 1. The number of methoxy groups -OCH3 is 1. The highest BCUT2D eigenvalue weighted by molar-refractivity contribution is 5.98. The molecule has 2 aliphatic rings. The molecule has 0 saturated carbocycles. The van der Waals surface area contributed by atoms with E-state index < -0.39 is 35.9 Å². The van der Waals surface area contributed by atoms with E-state index in [-0.39, 0.29) is 60.5 Å². The summed E-state index contributed by atoms with van der Waals surface area (Å²) in [5, 5.41) is 8.62. The Balaban J connectivity index is 1.45. The molecule has 0 saturated heterocycles. The summed E-state index contributed by atoms with van der Waals surface area (Å²) in [6, 6.07) is 9.73. The number of amides is 4. The van der Waals surface area contributed by atoms with E-state index in [4.69, 9.17) is 14.2 Å². The molecule has 0 aliphatic carbocycles. The second kappa shape index (κ2) is 15.0. The molecule has 0 spiro atoms. The Labute approximate surface area is 277 Å². The summed E-state index contributed by atoms with van der Waals surface area (Å²) in [6.07, 6.45) is 0.946. The van der Waals surface area contributed by atoms with E-state index in [2.05, 4.69) is 25.9 Å². The van der Waals surface area contributed by atoms with E-state index in [0.29, 0.717) is 24.3 Å². The Kier molecular flexibility index (Phi) is 10.6. The van der Waals surface area contributed by atoms with Gasteiger partial charge in [-0.25, -0.2) is 4.98 Å². The molecule has 2 aromatic carbocycles.